The number of aromatic nitrogens is 2. The van der Waals surface area contributed by atoms with E-state index in [4.69, 9.17) is 9.97 Å². The molecule has 2 aliphatic rings. The highest BCUT2D eigenvalue weighted by molar-refractivity contribution is 9.10. The van der Waals surface area contributed by atoms with Gasteiger partial charge < -0.3 is 10.2 Å². The molecule has 2 heterocycles. The Morgan fingerprint density at radius 3 is 2.84 bits per heavy atom. The Morgan fingerprint density at radius 1 is 1.24 bits per heavy atom. The molecule has 0 spiro atoms. The summed E-state index contributed by atoms with van der Waals surface area (Å²) in [5.74, 6) is 3.62. The fraction of sp³-hybridized carbons (Fsp3) is 0.500. The molecule has 1 aliphatic heterocycles. The van der Waals surface area contributed by atoms with Gasteiger partial charge in [-0.15, -0.1) is 0 Å². The average molecular weight is 401 g/mol. The molecule has 0 radical (unpaired) electrons. The number of nitrogens with zero attached hydrogens (tertiary/aromatic N) is 3. The molecule has 2 aromatic rings. The van der Waals surface area contributed by atoms with Crippen molar-refractivity contribution in [2.45, 2.75) is 58.0 Å². The van der Waals surface area contributed by atoms with E-state index in [2.05, 4.69) is 64.3 Å². The molecule has 1 aromatic carbocycles. The molecule has 132 valence electrons. The number of halogens is 1. The Hall–Kier alpha value is -1.62. The molecular formula is C20H25BrN4. The number of fused-ring (bicyclic) bond motifs is 1. The van der Waals surface area contributed by atoms with Crippen LogP contribution in [0.15, 0.2) is 28.7 Å². The topological polar surface area (TPSA) is 41.0 Å². The van der Waals surface area contributed by atoms with Crippen molar-refractivity contribution in [1.82, 2.24) is 9.97 Å². The monoisotopic (exact) mass is 400 g/mol. The maximum atomic E-state index is 4.91. The van der Waals surface area contributed by atoms with Crippen LogP contribution in [-0.2, 0) is 13.0 Å². The van der Waals surface area contributed by atoms with Crippen molar-refractivity contribution in [1.29, 1.82) is 0 Å². The van der Waals surface area contributed by atoms with Gasteiger partial charge in [0.2, 0.25) is 0 Å². The van der Waals surface area contributed by atoms with E-state index in [1.54, 1.807) is 0 Å². The number of hydrogen-bond acceptors (Lipinski definition) is 4. The zero-order valence-electron chi connectivity index (χ0n) is 14.9. The fourth-order valence-electron chi connectivity index (χ4n) is 3.28. The van der Waals surface area contributed by atoms with E-state index in [1.165, 1.54) is 24.0 Å². The predicted molar refractivity (Wildman–Crippen MR) is 106 cm³/mol. The van der Waals surface area contributed by atoms with Gasteiger partial charge in [-0.3, -0.25) is 0 Å². The first-order valence-corrected chi connectivity index (χ1v) is 10.1. The molecule has 25 heavy (non-hydrogen) atoms. The Balaban J connectivity index is 1.61. The third-order valence-electron chi connectivity index (χ3n) is 5.18. The lowest BCUT2D eigenvalue weighted by molar-refractivity contribution is 0.710. The molecule has 1 atom stereocenters. The summed E-state index contributed by atoms with van der Waals surface area (Å²) in [7, 11) is 0. The second kappa shape index (κ2) is 6.94. The van der Waals surface area contributed by atoms with Crippen LogP contribution in [0.1, 0.15) is 56.0 Å². The van der Waals surface area contributed by atoms with Gasteiger partial charge >= 0.3 is 0 Å². The predicted octanol–water partition coefficient (Wildman–Crippen LogP) is 4.89. The Kier molecular flexibility index (Phi) is 4.67. The Bertz CT molecular complexity index is 772. The van der Waals surface area contributed by atoms with Gasteiger partial charge in [-0.05, 0) is 55.9 Å². The van der Waals surface area contributed by atoms with Crippen LogP contribution >= 0.6 is 15.9 Å². The SMILES string of the molecule is CC[C@@H](C)Nc1cc(N2CCc3cc(Br)ccc3C2)nc(C2CC2)n1. The normalized spacial score (nSPS) is 18.0. The van der Waals surface area contributed by atoms with Crippen molar-refractivity contribution in [3.8, 4) is 0 Å². The van der Waals surface area contributed by atoms with Crippen LogP contribution in [0.25, 0.3) is 0 Å². The molecule has 0 saturated heterocycles. The third kappa shape index (κ3) is 3.81. The van der Waals surface area contributed by atoms with E-state index in [0.717, 1.165) is 47.9 Å². The number of nitrogens with one attached hydrogen (secondary N) is 1. The molecule has 1 saturated carbocycles. The smallest absolute Gasteiger partial charge is 0.136 e. The quantitative estimate of drug-likeness (QED) is 0.775. The molecule has 1 N–H and O–H groups in total. The molecule has 0 amide bonds. The van der Waals surface area contributed by atoms with Gasteiger partial charge in [-0.25, -0.2) is 9.97 Å². The molecule has 1 aliphatic carbocycles. The molecule has 1 fully saturated rings. The molecule has 0 unspecified atom stereocenters. The van der Waals surface area contributed by atoms with Gasteiger partial charge in [0.25, 0.3) is 0 Å². The highest BCUT2D eigenvalue weighted by Crippen LogP contribution is 2.39. The summed E-state index contributed by atoms with van der Waals surface area (Å²) >= 11 is 3.58. The summed E-state index contributed by atoms with van der Waals surface area (Å²) in [5, 5.41) is 3.54. The van der Waals surface area contributed by atoms with E-state index in [9.17, 15) is 0 Å². The van der Waals surface area contributed by atoms with Gasteiger partial charge in [0.15, 0.2) is 0 Å². The molecule has 0 bridgehead atoms. The minimum atomic E-state index is 0.425. The van der Waals surface area contributed by atoms with Crippen LogP contribution in [-0.4, -0.2) is 22.6 Å². The number of rotatable bonds is 5. The van der Waals surface area contributed by atoms with Crippen molar-refractivity contribution in [2.75, 3.05) is 16.8 Å². The van der Waals surface area contributed by atoms with Crippen molar-refractivity contribution in [3.05, 3.63) is 45.7 Å². The average Bonchev–Trinajstić information content (AvgIpc) is 3.46. The third-order valence-corrected chi connectivity index (χ3v) is 5.68. The van der Waals surface area contributed by atoms with E-state index in [0.29, 0.717) is 12.0 Å². The summed E-state index contributed by atoms with van der Waals surface area (Å²) in [6.45, 7) is 6.33. The second-order valence-corrected chi connectivity index (χ2v) is 8.20. The first-order valence-electron chi connectivity index (χ1n) is 9.30. The van der Waals surface area contributed by atoms with E-state index in [-0.39, 0.29) is 0 Å². The summed E-state index contributed by atoms with van der Waals surface area (Å²) in [6, 6.07) is 9.16. The summed E-state index contributed by atoms with van der Waals surface area (Å²) in [6.07, 6.45) is 4.60. The van der Waals surface area contributed by atoms with Gasteiger partial charge in [0.05, 0.1) is 0 Å². The van der Waals surface area contributed by atoms with E-state index in [1.807, 2.05) is 0 Å². The second-order valence-electron chi connectivity index (χ2n) is 7.28. The first kappa shape index (κ1) is 16.8. The molecule has 1 aromatic heterocycles. The van der Waals surface area contributed by atoms with Crippen LogP contribution in [0.2, 0.25) is 0 Å². The van der Waals surface area contributed by atoms with Crippen LogP contribution < -0.4 is 10.2 Å². The zero-order chi connectivity index (χ0) is 17.4. The van der Waals surface area contributed by atoms with Crippen molar-refractivity contribution >= 4 is 27.6 Å². The highest BCUT2D eigenvalue weighted by Gasteiger charge is 2.28. The number of benzene rings is 1. The lowest BCUT2D eigenvalue weighted by Crippen LogP contribution is -2.31. The van der Waals surface area contributed by atoms with Crippen LogP contribution in [0.5, 0.6) is 0 Å². The van der Waals surface area contributed by atoms with E-state index < -0.39 is 0 Å². The van der Waals surface area contributed by atoms with Gasteiger partial charge in [-0.1, -0.05) is 28.9 Å². The van der Waals surface area contributed by atoms with Crippen molar-refractivity contribution in [3.63, 3.8) is 0 Å². The van der Waals surface area contributed by atoms with E-state index >= 15 is 0 Å². The maximum Gasteiger partial charge on any atom is 0.136 e. The van der Waals surface area contributed by atoms with Gasteiger partial charge in [0.1, 0.15) is 17.5 Å². The number of anilines is 2. The maximum absolute atomic E-state index is 4.91. The van der Waals surface area contributed by atoms with Crippen LogP contribution in [0.4, 0.5) is 11.6 Å². The molecule has 5 heteroatoms. The minimum Gasteiger partial charge on any atom is -0.367 e. The first-order chi connectivity index (χ1) is 12.1. The zero-order valence-corrected chi connectivity index (χ0v) is 16.5. The van der Waals surface area contributed by atoms with Crippen molar-refractivity contribution in [2.24, 2.45) is 0 Å². The van der Waals surface area contributed by atoms with Gasteiger partial charge in [0, 0.05) is 35.6 Å². The highest BCUT2D eigenvalue weighted by atomic mass is 79.9. The van der Waals surface area contributed by atoms with Crippen LogP contribution in [0.3, 0.4) is 0 Å². The molecule has 4 rings (SSSR count). The van der Waals surface area contributed by atoms with Crippen LogP contribution in [0, 0.1) is 0 Å². The fourth-order valence-corrected chi connectivity index (χ4v) is 3.69. The Labute approximate surface area is 158 Å². The summed E-state index contributed by atoms with van der Waals surface area (Å²) in [4.78, 5) is 12.1. The summed E-state index contributed by atoms with van der Waals surface area (Å²) in [5.41, 5.74) is 2.84. The standard InChI is InChI=1S/C20H25BrN4/c1-3-13(2)22-18-11-19(24-20(23-18)14-4-5-14)25-9-8-15-10-17(21)7-6-16(15)12-25/h6-7,10-11,13-14H,3-5,8-9,12H2,1-2H3,(H,22,23,24)/t13-/m1/s1. The minimum absolute atomic E-state index is 0.425. The number of hydrogen-bond donors (Lipinski definition) is 1. The molecule has 4 nitrogen and oxygen atoms in total. The summed E-state index contributed by atoms with van der Waals surface area (Å²) < 4.78 is 1.16. The lowest BCUT2D eigenvalue weighted by Gasteiger charge is -2.30. The van der Waals surface area contributed by atoms with Gasteiger partial charge in [-0.2, -0.15) is 0 Å². The Morgan fingerprint density at radius 2 is 2.08 bits per heavy atom. The largest absolute Gasteiger partial charge is 0.367 e. The lowest BCUT2D eigenvalue weighted by atomic mass is 10.00. The molecular weight excluding hydrogens is 376 g/mol. The van der Waals surface area contributed by atoms with Crippen molar-refractivity contribution < 1.29 is 0 Å².